The molecule has 15 aromatic rings. The highest BCUT2D eigenvalue weighted by molar-refractivity contribution is 7.25. The minimum atomic E-state index is -0.163. The van der Waals surface area contributed by atoms with Gasteiger partial charge in [-0.1, -0.05) is 298 Å². The lowest BCUT2D eigenvalue weighted by molar-refractivity contribution is 0.299. The lowest BCUT2D eigenvalue weighted by atomic mass is 9.55. The van der Waals surface area contributed by atoms with Crippen molar-refractivity contribution < 1.29 is 0 Å². The predicted octanol–water partition coefficient (Wildman–Crippen LogP) is 23.6. The number of nitrogens with zero attached hydrogens (tertiary/aromatic N) is 6. The van der Waals surface area contributed by atoms with Crippen LogP contribution in [0.1, 0.15) is 77.6 Å². The zero-order chi connectivity index (χ0) is 66.2. The molecule has 0 bridgehead atoms. The van der Waals surface area contributed by atoms with Gasteiger partial charge in [-0.25, -0.2) is 29.9 Å². The van der Waals surface area contributed by atoms with E-state index in [-0.39, 0.29) is 21.7 Å². The fourth-order valence-corrected chi connectivity index (χ4v) is 15.6. The molecule has 2 aliphatic carbocycles. The number of hydrogen-bond acceptors (Lipinski definition) is 7. The molecule has 3 aromatic heterocycles. The van der Waals surface area contributed by atoms with E-state index in [0.29, 0.717) is 34.9 Å². The van der Waals surface area contributed by atoms with Gasteiger partial charge in [-0.15, -0.1) is 11.3 Å². The van der Waals surface area contributed by atoms with Crippen LogP contribution in [-0.4, -0.2) is 29.9 Å². The zero-order valence-corrected chi connectivity index (χ0v) is 56.6. The van der Waals surface area contributed by atoms with Gasteiger partial charge in [0.25, 0.3) is 0 Å². The van der Waals surface area contributed by atoms with Gasteiger partial charge in [0.1, 0.15) is 0 Å². The molecule has 97 heavy (non-hydrogen) atoms. The summed E-state index contributed by atoms with van der Waals surface area (Å²) >= 11 is 1.82. The van der Waals surface area contributed by atoms with Crippen LogP contribution in [0.5, 0.6) is 0 Å². The van der Waals surface area contributed by atoms with Gasteiger partial charge in [0.2, 0.25) is 0 Å². The molecular weight excluding hydrogens is 1200 g/mol. The first-order chi connectivity index (χ1) is 47.1. The second kappa shape index (κ2) is 24.0. The summed E-state index contributed by atoms with van der Waals surface area (Å²) in [5.41, 5.74) is 23.2. The summed E-state index contributed by atoms with van der Waals surface area (Å²) in [5.74, 6) is 4.02. The SMILES string of the molecule is CC1(C)c2cc(-c3ccccc3)ccc2-c2ccc(-c3ccccc3-c3nc(-c4ccccc4)nc(-c4ccccc4)n3)cc2C1(C)C.CC1(C)c2cc(-c3ccccc3)ccc2-c2ccc(-c3nc(-c4ccccc4)nc(-c4ccc5sc6ccccc6c5c4)n3)cc2C1(C)C. The molecule has 0 aliphatic heterocycles. The molecular formula is C90H72N6S. The van der Waals surface area contributed by atoms with Crippen molar-refractivity contribution in [3.8, 4) is 124 Å². The van der Waals surface area contributed by atoms with Crippen LogP contribution in [-0.2, 0) is 21.7 Å². The summed E-state index contributed by atoms with van der Waals surface area (Å²) in [6.07, 6.45) is 0. The van der Waals surface area contributed by atoms with Crippen molar-refractivity contribution in [2.24, 2.45) is 0 Å². The average molecular weight is 1270 g/mol. The summed E-state index contributed by atoms with van der Waals surface area (Å²) in [5, 5.41) is 2.49. The number of benzene rings is 12. The van der Waals surface area contributed by atoms with E-state index < -0.39 is 0 Å². The fourth-order valence-electron chi connectivity index (χ4n) is 14.5. The standard InChI is InChI=1S/C45H35N3S.C45H37N3/c1-44(2)37-26-30(28-13-7-5-8-14-28)19-22-33(37)34-23-20-32(27-38(34)45(44,3)4)43-47-41(29-15-9-6-10-16-29)46-42(48-43)31-21-24-40-36(25-31)35-17-11-12-18-39(35)49-40;1-44(2)39-28-33(30-16-8-5-9-17-30)24-26-36(39)37-27-25-34(29-40(37)45(44,3)4)35-22-14-15-23-38(35)43-47-41(31-18-10-6-11-19-31)46-42(48-43)32-20-12-7-13-21-32/h5-27H,1-4H3;5-29H,1-4H3. The predicted molar refractivity (Wildman–Crippen MR) is 404 cm³/mol. The van der Waals surface area contributed by atoms with Crippen LogP contribution in [0.3, 0.4) is 0 Å². The molecule has 0 saturated heterocycles. The Morgan fingerprint density at radius 1 is 0.196 bits per heavy atom. The molecule has 0 unspecified atom stereocenters. The zero-order valence-electron chi connectivity index (χ0n) is 55.8. The van der Waals surface area contributed by atoms with E-state index in [1.807, 2.05) is 90.2 Å². The Morgan fingerprint density at radius 3 is 0.918 bits per heavy atom. The highest BCUT2D eigenvalue weighted by Gasteiger charge is 2.47. The van der Waals surface area contributed by atoms with E-state index in [9.17, 15) is 0 Å². The Kier molecular flexibility index (Phi) is 15.0. The third kappa shape index (κ3) is 10.7. The second-order valence-electron chi connectivity index (χ2n) is 27.8. The highest BCUT2D eigenvalue weighted by Crippen LogP contribution is 2.57. The van der Waals surface area contributed by atoms with Crippen molar-refractivity contribution in [2.45, 2.75) is 77.0 Å². The molecule has 0 N–H and O–H groups in total. The van der Waals surface area contributed by atoms with Crippen molar-refractivity contribution in [1.29, 1.82) is 0 Å². The van der Waals surface area contributed by atoms with E-state index in [4.69, 9.17) is 29.9 Å². The molecule has 0 spiro atoms. The van der Waals surface area contributed by atoms with E-state index in [0.717, 1.165) is 44.5 Å². The van der Waals surface area contributed by atoms with Gasteiger partial charge in [-0.05, 0) is 148 Å². The van der Waals surface area contributed by atoms with Gasteiger partial charge in [-0.2, -0.15) is 0 Å². The highest BCUT2D eigenvalue weighted by atomic mass is 32.1. The second-order valence-corrected chi connectivity index (χ2v) is 28.9. The third-order valence-electron chi connectivity index (χ3n) is 21.4. The first-order valence-electron chi connectivity index (χ1n) is 33.5. The molecule has 0 atom stereocenters. The van der Waals surface area contributed by atoms with Crippen LogP contribution in [0.15, 0.2) is 291 Å². The van der Waals surface area contributed by atoms with E-state index in [1.165, 1.54) is 86.9 Å². The minimum absolute atomic E-state index is 0.109. The number of hydrogen-bond donors (Lipinski definition) is 0. The van der Waals surface area contributed by atoms with Crippen molar-refractivity contribution in [1.82, 2.24) is 29.9 Å². The molecule has 7 heteroatoms. The summed E-state index contributed by atoms with van der Waals surface area (Å²) in [4.78, 5) is 30.4. The van der Waals surface area contributed by atoms with Gasteiger partial charge in [0.05, 0.1) is 0 Å². The molecule has 0 radical (unpaired) electrons. The Balaban J connectivity index is 0.000000152. The summed E-state index contributed by atoms with van der Waals surface area (Å²) in [6.45, 7) is 19.1. The maximum atomic E-state index is 5.17. The summed E-state index contributed by atoms with van der Waals surface area (Å²) in [7, 11) is 0. The quantitative estimate of drug-likeness (QED) is 0.143. The maximum absolute atomic E-state index is 5.17. The molecule has 0 amide bonds. The van der Waals surface area contributed by atoms with Crippen LogP contribution in [0.2, 0.25) is 0 Å². The molecule has 2 aliphatic rings. The first-order valence-corrected chi connectivity index (χ1v) is 34.3. The maximum Gasteiger partial charge on any atom is 0.164 e. The van der Waals surface area contributed by atoms with E-state index >= 15 is 0 Å². The monoisotopic (exact) mass is 1270 g/mol. The Labute approximate surface area is 572 Å². The number of rotatable bonds is 9. The molecule has 17 rings (SSSR count). The van der Waals surface area contributed by atoms with Gasteiger partial charge in [0, 0.05) is 53.6 Å². The van der Waals surface area contributed by atoms with Crippen molar-refractivity contribution in [3.63, 3.8) is 0 Å². The number of aromatic nitrogens is 6. The Bertz CT molecular complexity index is 5450. The van der Waals surface area contributed by atoms with Gasteiger partial charge in [-0.3, -0.25) is 0 Å². The number of thiophene rings is 1. The van der Waals surface area contributed by atoms with E-state index in [2.05, 4.69) is 268 Å². The van der Waals surface area contributed by atoms with Crippen LogP contribution >= 0.6 is 11.3 Å². The normalized spacial score (nSPS) is 14.3. The van der Waals surface area contributed by atoms with Crippen molar-refractivity contribution in [3.05, 3.63) is 313 Å². The van der Waals surface area contributed by atoms with E-state index in [1.54, 1.807) is 0 Å². The minimum Gasteiger partial charge on any atom is -0.208 e. The summed E-state index contributed by atoms with van der Waals surface area (Å²) in [6, 6.07) is 103. The molecule has 468 valence electrons. The lowest BCUT2D eigenvalue weighted by Gasteiger charge is -2.48. The fraction of sp³-hybridized carbons (Fsp3) is 0.133. The molecule has 3 heterocycles. The van der Waals surface area contributed by atoms with Gasteiger partial charge >= 0.3 is 0 Å². The molecule has 12 aromatic carbocycles. The molecule has 0 saturated carbocycles. The topological polar surface area (TPSA) is 77.3 Å². The van der Waals surface area contributed by atoms with Gasteiger partial charge in [0.15, 0.2) is 34.9 Å². The molecule has 6 nitrogen and oxygen atoms in total. The first kappa shape index (κ1) is 60.8. The van der Waals surface area contributed by atoms with Crippen molar-refractivity contribution in [2.75, 3.05) is 0 Å². The Morgan fingerprint density at radius 2 is 0.485 bits per heavy atom. The largest absolute Gasteiger partial charge is 0.208 e. The van der Waals surface area contributed by atoms with Crippen LogP contribution in [0.25, 0.3) is 144 Å². The Hall–Kier alpha value is -11.1. The number of fused-ring (bicyclic) bond motifs is 9. The third-order valence-corrected chi connectivity index (χ3v) is 22.6. The van der Waals surface area contributed by atoms with Crippen LogP contribution in [0, 0.1) is 0 Å². The smallest absolute Gasteiger partial charge is 0.164 e. The average Bonchev–Trinajstić information content (AvgIpc) is 1.13. The van der Waals surface area contributed by atoms with Gasteiger partial charge < -0.3 is 0 Å². The van der Waals surface area contributed by atoms with Crippen molar-refractivity contribution >= 4 is 31.5 Å². The van der Waals surface area contributed by atoms with Crippen LogP contribution in [0.4, 0.5) is 0 Å². The molecule has 0 fully saturated rings. The van der Waals surface area contributed by atoms with Crippen LogP contribution < -0.4 is 0 Å². The summed E-state index contributed by atoms with van der Waals surface area (Å²) < 4.78 is 2.55. The lowest BCUT2D eigenvalue weighted by Crippen LogP contribution is -2.43.